The van der Waals surface area contributed by atoms with Gasteiger partial charge in [0.25, 0.3) is 11.8 Å². The summed E-state index contributed by atoms with van der Waals surface area (Å²) in [5, 5.41) is 2.92. The number of carbonyl (C=O) groups is 2. The van der Waals surface area contributed by atoms with Crippen LogP contribution >= 0.6 is 39.9 Å². The molecule has 3 aromatic carbocycles. The van der Waals surface area contributed by atoms with E-state index < -0.39 is 0 Å². The van der Waals surface area contributed by atoms with Crippen LogP contribution in [-0.2, 0) is 9.59 Å². The summed E-state index contributed by atoms with van der Waals surface area (Å²) in [6.07, 6.45) is 1.78. The SMILES string of the molecule is CCOc1cc(/C=C2\SC(=S)N(c3ccccc3)C2=O)ccc1OCC(=O)Nc1c(C)cc(Br)cc1C. The first-order chi connectivity index (χ1) is 17.8. The molecule has 1 aliphatic rings. The molecule has 1 saturated heterocycles. The first-order valence-corrected chi connectivity index (χ1v) is 13.6. The van der Waals surface area contributed by atoms with E-state index in [4.69, 9.17) is 21.7 Å². The van der Waals surface area contributed by atoms with Crippen molar-refractivity contribution in [3.8, 4) is 11.5 Å². The first kappa shape index (κ1) is 26.9. The minimum absolute atomic E-state index is 0.172. The van der Waals surface area contributed by atoms with E-state index in [2.05, 4.69) is 21.2 Å². The van der Waals surface area contributed by atoms with Crippen LogP contribution in [-0.4, -0.2) is 29.3 Å². The molecule has 0 spiro atoms. The lowest BCUT2D eigenvalue weighted by Crippen LogP contribution is -2.27. The number of nitrogens with zero attached hydrogens (tertiary/aromatic N) is 1. The molecule has 190 valence electrons. The number of carbonyl (C=O) groups excluding carboxylic acids is 2. The number of thioether (sulfide) groups is 1. The Kier molecular flexibility index (Phi) is 8.68. The number of hydrogen-bond donors (Lipinski definition) is 1. The van der Waals surface area contributed by atoms with Gasteiger partial charge in [-0.1, -0.05) is 64.2 Å². The molecule has 2 amide bonds. The van der Waals surface area contributed by atoms with Crippen LogP contribution in [0, 0.1) is 13.8 Å². The molecule has 1 N–H and O–H groups in total. The van der Waals surface area contributed by atoms with Crippen molar-refractivity contribution in [3.63, 3.8) is 0 Å². The van der Waals surface area contributed by atoms with Crippen molar-refractivity contribution in [2.75, 3.05) is 23.4 Å². The third-order valence-electron chi connectivity index (χ3n) is 5.49. The Hall–Kier alpha value is -3.14. The average molecular weight is 598 g/mol. The van der Waals surface area contributed by atoms with Gasteiger partial charge >= 0.3 is 0 Å². The van der Waals surface area contributed by atoms with Gasteiger partial charge in [-0.15, -0.1) is 0 Å². The largest absolute Gasteiger partial charge is 0.490 e. The van der Waals surface area contributed by atoms with Gasteiger partial charge in [0, 0.05) is 10.2 Å². The molecule has 37 heavy (non-hydrogen) atoms. The number of thiocarbonyl (C=S) groups is 1. The molecule has 1 heterocycles. The summed E-state index contributed by atoms with van der Waals surface area (Å²) in [7, 11) is 0. The molecule has 0 bridgehead atoms. The smallest absolute Gasteiger partial charge is 0.270 e. The lowest BCUT2D eigenvalue weighted by molar-refractivity contribution is -0.118. The van der Waals surface area contributed by atoms with Gasteiger partial charge in [0.15, 0.2) is 22.4 Å². The van der Waals surface area contributed by atoms with Crippen molar-refractivity contribution >= 4 is 73.5 Å². The minimum Gasteiger partial charge on any atom is -0.490 e. The molecule has 0 atom stereocenters. The van der Waals surface area contributed by atoms with E-state index >= 15 is 0 Å². The van der Waals surface area contributed by atoms with Crippen LogP contribution in [0.2, 0.25) is 0 Å². The van der Waals surface area contributed by atoms with Gasteiger partial charge < -0.3 is 14.8 Å². The molecule has 0 saturated carbocycles. The Labute approximate surface area is 234 Å². The van der Waals surface area contributed by atoms with E-state index in [0.29, 0.717) is 27.3 Å². The van der Waals surface area contributed by atoms with Gasteiger partial charge in [-0.25, -0.2) is 0 Å². The zero-order chi connectivity index (χ0) is 26.5. The van der Waals surface area contributed by atoms with Gasteiger partial charge in [0.1, 0.15) is 0 Å². The summed E-state index contributed by atoms with van der Waals surface area (Å²) < 4.78 is 13.0. The summed E-state index contributed by atoms with van der Waals surface area (Å²) in [5.41, 5.74) is 4.17. The monoisotopic (exact) mass is 596 g/mol. The van der Waals surface area contributed by atoms with Crippen LogP contribution < -0.4 is 19.7 Å². The predicted molar refractivity (Wildman–Crippen MR) is 157 cm³/mol. The highest BCUT2D eigenvalue weighted by Gasteiger charge is 2.33. The molecule has 4 rings (SSSR count). The maximum Gasteiger partial charge on any atom is 0.270 e. The van der Waals surface area contributed by atoms with Crippen molar-refractivity contribution in [1.82, 2.24) is 0 Å². The Balaban J connectivity index is 1.48. The molecule has 3 aromatic rings. The standard InChI is InChI=1S/C28H25BrN2O4S2/c1-4-34-23-14-19(15-24-27(33)31(28(36)37-24)21-8-6-5-7-9-21)10-11-22(23)35-16-25(32)30-26-17(2)12-20(29)13-18(26)3/h5-15H,4,16H2,1-3H3,(H,30,32)/b24-15-. The molecular weight excluding hydrogens is 572 g/mol. The molecular formula is C28H25BrN2O4S2. The highest BCUT2D eigenvalue weighted by Crippen LogP contribution is 2.37. The third kappa shape index (κ3) is 6.41. The summed E-state index contributed by atoms with van der Waals surface area (Å²) >= 11 is 10.2. The number of rotatable bonds is 8. The minimum atomic E-state index is -0.273. The maximum atomic E-state index is 13.0. The van der Waals surface area contributed by atoms with Gasteiger partial charge in [0.2, 0.25) is 0 Å². The van der Waals surface area contributed by atoms with Crippen molar-refractivity contribution in [1.29, 1.82) is 0 Å². The van der Waals surface area contributed by atoms with Gasteiger partial charge in [-0.2, -0.15) is 0 Å². The number of nitrogens with one attached hydrogen (secondary N) is 1. The van der Waals surface area contributed by atoms with Crippen LogP contribution in [0.4, 0.5) is 11.4 Å². The molecule has 1 fully saturated rings. The van der Waals surface area contributed by atoms with Crippen molar-refractivity contribution in [3.05, 3.63) is 86.7 Å². The van der Waals surface area contributed by atoms with Crippen molar-refractivity contribution in [2.24, 2.45) is 0 Å². The molecule has 0 unspecified atom stereocenters. The van der Waals surface area contributed by atoms with Crippen LogP contribution in [0.5, 0.6) is 11.5 Å². The summed E-state index contributed by atoms with van der Waals surface area (Å²) in [6, 6.07) is 18.6. The number of aryl methyl sites for hydroxylation is 2. The Morgan fingerprint density at radius 1 is 1.05 bits per heavy atom. The second kappa shape index (κ2) is 11.9. The number of amides is 2. The van der Waals surface area contributed by atoms with E-state index in [9.17, 15) is 9.59 Å². The highest BCUT2D eigenvalue weighted by molar-refractivity contribution is 9.10. The fourth-order valence-electron chi connectivity index (χ4n) is 3.85. The predicted octanol–water partition coefficient (Wildman–Crippen LogP) is 6.89. The molecule has 0 radical (unpaired) electrons. The van der Waals surface area contributed by atoms with E-state index in [1.54, 1.807) is 18.2 Å². The zero-order valence-electron chi connectivity index (χ0n) is 20.5. The lowest BCUT2D eigenvalue weighted by Gasteiger charge is -2.15. The number of ether oxygens (including phenoxy) is 2. The van der Waals surface area contributed by atoms with Crippen LogP contribution in [0.3, 0.4) is 0 Å². The van der Waals surface area contributed by atoms with Gasteiger partial charge in [-0.3, -0.25) is 14.5 Å². The van der Waals surface area contributed by atoms with Gasteiger partial charge in [-0.05, 0) is 79.9 Å². The highest BCUT2D eigenvalue weighted by atomic mass is 79.9. The Morgan fingerprint density at radius 2 is 1.76 bits per heavy atom. The number of hydrogen-bond acceptors (Lipinski definition) is 6. The lowest BCUT2D eigenvalue weighted by atomic mass is 10.1. The number of halogens is 1. The molecule has 9 heteroatoms. The van der Waals surface area contributed by atoms with Crippen molar-refractivity contribution in [2.45, 2.75) is 20.8 Å². The summed E-state index contributed by atoms with van der Waals surface area (Å²) in [5.74, 6) is 0.480. The average Bonchev–Trinajstić information content (AvgIpc) is 3.14. The molecule has 6 nitrogen and oxygen atoms in total. The van der Waals surface area contributed by atoms with Gasteiger partial charge in [0.05, 0.1) is 17.2 Å². The number of anilines is 2. The third-order valence-corrected chi connectivity index (χ3v) is 7.25. The van der Waals surface area contributed by atoms with Crippen LogP contribution in [0.1, 0.15) is 23.6 Å². The van der Waals surface area contributed by atoms with Crippen LogP contribution in [0.25, 0.3) is 6.08 Å². The van der Waals surface area contributed by atoms with Crippen LogP contribution in [0.15, 0.2) is 70.0 Å². The normalized spacial score (nSPS) is 14.3. The molecule has 1 aliphatic heterocycles. The number of para-hydroxylation sites is 1. The fraction of sp³-hybridized carbons (Fsp3) is 0.179. The van der Waals surface area contributed by atoms with E-state index in [0.717, 1.165) is 32.5 Å². The summed E-state index contributed by atoms with van der Waals surface area (Å²) in [4.78, 5) is 27.7. The quantitative estimate of drug-likeness (QED) is 0.226. The van der Waals surface area contributed by atoms with E-state index in [1.165, 1.54) is 16.7 Å². The molecule has 0 aliphatic carbocycles. The Bertz CT molecular complexity index is 1370. The van der Waals surface area contributed by atoms with Crippen molar-refractivity contribution < 1.29 is 19.1 Å². The fourth-order valence-corrected chi connectivity index (χ4v) is 5.83. The first-order valence-electron chi connectivity index (χ1n) is 11.6. The topological polar surface area (TPSA) is 67.9 Å². The molecule has 0 aromatic heterocycles. The number of benzene rings is 3. The second-order valence-corrected chi connectivity index (χ2v) is 10.8. The maximum absolute atomic E-state index is 13.0. The van der Waals surface area contributed by atoms with E-state index in [1.807, 2.05) is 69.3 Å². The van der Waals surface area contributed by atoms with E-state index in [-0.39, 0.29) is 18.4 Å². The zero-order valence-corrected chi connectivity index (χ0v) is 23.8. The summed E-state index contributed by atoms with van der Waals surface area (Å²) in [6.45, 7) is 5.98. The Morgan fingerprint density at radius 3 is 2.43 bits per heavy atom. The second-order valence-electron chi connectivity index (χ2n) is 8.24.